The molecule has 0 unspecified atom stereocenters. The number of rotatable bonds is 7. The van der Waals surface area contributed by atoms with Gasteiger partial charge in [-0.3, -0.25) is 4.98 Å². The van der Waals surface area contributed by atoms with Crippen molar-refractivity contribution in [2.75, 3.05) is 11.9 Å². The van der Waals surface area contributed by atoms with Gasteiger partial charge in [-0.1, -0.05) is 51.1 Å². The SMILES string of the molecule is CCOc1ccc(NC(=S)N(Cc2ccc(C(C)(C)C)cc2)Cc2cccnc2)cc1. The zero-order valence-corrected chi connectivity index (χ0v) is 19.6. The van der Waals surface area contributed by atoms with Crippen LogP contribution in [-0.2, 0) is 18.5 Å². The highest BCUT2D eigenvalue weighted by atomic mass is 32.1. The molecule has 0 aliphatic carbocycles. The minimum Gasteiger partial charge on any atom is -0.494 e. The van der Waals surface area contributed by atoms with E-state index in [2.05, 4.69) is 66.3 Å². The van der Waals surface area contributed by atoms with E-state index < -0.39 is 0 Å². The summed E-state index contributed by atoms with van der Waals surface area (Å²) in [7, 11) is 0. The molecule has 4 nitrogen and oxygen atoms in total. The molecule has 1 N–H and O–H groups in total. The second-order valence-corrected chi connectivity index (χ2v) is 8.94. The van der Waals surface area contributed by atoms with Crippen molar-refractivity contribution in [1.29, 1.82) is 0 Å². The van der Waals surface area contributed by atoms with Crippen molar-refractivity contribution in [2.45, 2.75) is 46.2 Å². The van der Waals surface area contributed by atoms with Crippen molar-refractivity contribution in [3.8, 4) is 5.75 Å². The lowest BCUT2D eigenvalue weighted by atomic mass is 9.87. The van der Waals surface area contributed by atoms with Crippen LogP contribution in [0.15, 0.2) is 73.1 Å². The van der Waals surface area contributed by atoms with Gasteiger partial charge in [0, 0.05) is 31.2 Å². The molecule has 3 aromatic rings. The van der Waals surface area contributed by atoms with Gasteiger partial charge in [0.1, 0.15) is 5.75 Å². The summed E-state index contributed by atoms with van der Waals surface area (Å²) in [4.78, 5) is 6.41. The fourth-order valence-corrected chi connectivity index (χ4v) is 3.49. The molecule has 0 radical (unpaired) electrons. The first-order valence-corrected chi connectivity index (χ1v) is 11.0. The Hall–Kier alpha value is -2.92. The van der Waals surface area contributed by atoms with Crippen LogP contribution in [0, 0.1) is 0 Å². The highest BCUT2D eigenvalue weighted by Crippen LogP contribution is 2.23. The third-order valence-corrected chi connectivity index (χ3v) is 5.35. The molecule has 0 spiro atoms. The largest absolute Gasteiger partial charge is 0.494 e. The second-order valence-electron chi connectivity index (χ2n) is 8.55. The predicted molar refractivity (Wildman–Crippen MR) is 132 cm³/mol. The lowest BCUT2D eigenvalue weighted by Crippen LogP contribution is -2.33. The molecule has 0 saturated heterocycles. The predicted octanol–water partition coefficient (Wildman–Crippen LogP) is 6.18. The second kappa shape index (κ2) is 10.4. The molecule has 0 aliphatic heterocycles. The van der Waals surface area contributed by atoms with Crippen molar-refractivity contribution >= 4 is 23.0 Å². The molecular weight excluding hydrogens is 402 g/mol. The fourth-order valence-electron chi connectivity index (χ4n) is 3.25. The van der Waals surface area contributed by atoms with Gasteiger partial charge in [0.05, 0.1) is 6.61 Å². The highest BCUT2D eigenvalue weighted by Gasteiger charge is 2.15. The van der Waals surface area contributed by atoms with E-state index in [1.54, 1.807) is 6.20 Å². The third kappa shape index (κ3) is 6.79. The van der Waals surface area contributed by atoms with E-state index in [4.69, 9.17) is 17.0 Å². The Morgan fingerprint density at radius 2 is 1.65 bits per heavy atom. The summed E-state index contributed by atoms with van der Waals surface area (Å²) in [6.07, 6.45) is 3.67. The Kier molecular flexibility index (Phi) is 7.64. The van der Waals surface area contributed by atoms with Crippen molar-refractivity contribution in [1.82, 2.24) is 9.88 Å². The van der Waals surface area contributed by atoms with Crippen molar-refractivity contribution in [3.05, 3.63) is 89.7 Å². The van der Waals surface area contributed by atoms with Crippen LogP contribution in [0.3, 0.4) is 0 Å². The first-order chi connectivity index (χ1) is 14.8. The van der Waals surface area contributed by atoms with Crippen molar-refractivity contribution in [3.63, 3.8) is 0 Å². The Balaban J connectivity index is 1.76. The number of anilines is 1. The van der Waals surface area contributed by atoms with E-state index >= 15 is 0 Å². The third-order valence-electron chi connectivity index (χ3n) is 4.99. The summed E-state index contributed by atoms with van der Waals surface area (Å²) in [5.41, 5.74) is 4.73. The average Bonchev–Trinajstić information content (AvgIpc) is 2.75. The molecule has 162 valence electrons. The maximum Gasteiger partial charge on any atom is 0.174 e. The van der Waals surface area contributed by atoms with Gasteiger partial charge in [-0.25, -0.2) is 0 Å². The van der Waals surface area contributed by atoms with Gasteiger partial charge < -0.3 is 15.0 Å². The summed E-state index contributed by atoms with van der Waals surface area (Å²) >= 11 is 5.79. The van der Waals surface area contributed by atoms with E-state index in [1.165, 1.54) is 11.1 Å². The van der Waals surface area contributed by atoms with Crippen molar-refractivity contribution in [2.24, 2.45) is 0 Å². The number of pyridine rings is 1. The van der Waals surface area contributed by atoms with E-state index in [0.717, 1.165) is 17.0 Å². The van der Waals surface area contributed by atoms with Gasteiger partial charge in [-0.2, -0.15) is 0 Å². The number of hydrogen-bond acceptors (Lipinski definition) is 3. The van der Waals surface area contributed by atoms with Crippen LogP contribution in [-0.4, -0.2) is 21.6 Å². The average molecular weight is 434 g/mol. The molecule has 1 aromatic heterocycles. The first-order valence-electron chi connectivity index (χ1n) is 10.6. The lowest BCUT2D eigenvalue weighted by molar-refractivity contribution is 0.340. The van der Waals surface area contributed by atoms with Crippen LogP contribution in [0.5, 0.6) is 5.75 Å². The number of nitrogens with zero attached hydrogens (tertiary/aromatic N) is 2. The summed E-state index contributed by atoms with van der Waals surface area (Å²) in [5.74, 6) is 0.852. The molecule has 3 rings (SSSR count). The molecule has 5 heteroatoms. The molecule has 0 saturated carbocycles. The molecule has 0 bridgehead atoms. The number of benzene rings is 2. The molecule has 2 aromatic carbocycles. The van der Waals surface area contributed by atoms with Crippen LogP contribution >= 0.6 is 12.2 Å². The lowest BCUT2D eigenvalue weighted by Gasteiger charge is -2.27. The molecular formula is C26H31N3OS. The van der Waals surface area contributed by atoms with E-state index in [9.17, 15) is 0 Å². The minimum atomic E-state index is 0.137. The summed E-state index contributed by atoms with van der Waals surface area (Å²) in [6, 6.07) is 20.7. The molecule has 1 heterocycles. The molecule has 0 atom stereocenters. The van der Waals surface area contributed by atoms with Gasteiger partial charge in [-0.05, 0) is 71.6 Å². The quantitative estimate of drug-likeness (QED) is 0.451. The van der Waals surface area contributed by atoms with Crippen LogP contribution in [0.1, 0.15) is 44.4 Å². The number of ether oxygens (including phenoxy) is 1. The van der Waals surface area contributed by atoms with Crippen molar-refractivity contribution < 1.29 is 4.74 Å². The van der Waals surface area contributed by atoms with Crippen LogP contribution in [0.25, 0.3) is 0 Å². The maximum absolute atomic E-state index is 5.79. The van der Waals surface area contributed by atoms with E-state index in [-0.39, 0.29) is 5.41 Å². The number of thiocarbonyl (C=S) groups is 1. The van der Waals surface area contributed by atoms with Crippen LogP contribution < -0.4 is 10.1 Å². The normalized spacial score (nSPS) is 11.1. The van der Waals surface area contributed by atoms with Gasteiger partial charge in [0.15, 0.2) is 5.11 Å². The smallest absolute Gasteiger partial charge is 0.174 e. The zero-order valence-electron chi connectivity index (χ0n) is 18.8. The van der Waals surface area contributed by atoms with Gasteiger partial charge in [0.25, 0.3) is 0 Å². The summed E-state index contributed by atoms with van der Waals surface area (Å²) < 4.78 is 5.53. The number of hydrogen-bond donors (Lipinski definition) is 1. The number of nitrogens with one attached hydrogen (secondary N) is 1. The van der Waals surface area contributed by atoms with E-state index in [0.29, 0.717) is 24.8 Å². The van der Waals surface area contributed by atoms with E-state index in [1.807, 2.05) is 43.5 Å². The Bertz CT molecular complexity index is 964. The molecule has 31 heavy (non-hydrogen) atoms. The monoisotopic (exact) mass is 433 g/mol. The van der Waals surface area contributed by atoms with Gasteiger partial charge in [-0.15, -0.1) is 0 Å². The summed E-state index contributed by atoms with van der Waals surface area (Å²) in [6.45, 7) is 10.7. The van der Waals surface area contributed by atoms with Crippen LogP contribution in [0.4, 0.5) is 5.69 Å². The molecule has 0 fully saturated rings. The van der Waals surface area contributed by atoms with Gasteiger partial charge in [0.2, 0.25) is 0 Å². The zero-order chi connectivity index (χ0) is 22.3. The Labute approximate surface area is 191 Å². The maximum atomic E-state index is 5.79. The first kappa shape index (κ1) is 22.8. The minimum absolute atomic E-state index is 0.137. The fraction of sp³-hybridized carbons (Fsp3) is 0.308. The van der Waals surface area contributed by atoms with Crippen LogP contribution in [0.2, 0.25) is 0 Å². The molecule has 0 amide bonds. The number of aromatic nitrogens is 1. The van der Waals surface area contributed by atoms with Gasteiger partial charge >= 0.3 is 0 Å². The Morgan fingerprint density at radius 3 is 2.23 bits per heavy atom. The summed E-state index contributed by atoms with van der Waals surface area (Å²) in [5, 5.41) is 4.04. The molecule has 0 aliphatic rings. The highest BCUT2D eigenvalue weighted by molar-refractivity contribution is 7.80. The Morgan fingerprint density at radius 1 is 0.968 bits per heavy atom. The standard InChI is InChI=1S/C26H31N3OS/c1-5-30-24-14-12-23(13-15-24)28-25(31)29(19-21-7-6-16-27-17-21)18-20-8-10-22(11-9-20)26(2,3)4/h6-17H,5,18-19H2,1-4H3,(H,28,31). The topological polar surface area (TPSA) is 37.4 Å².